The molecule has 2 aromatic heterocycles. The van der Waals surface area contributed by atoms with Crippen molar-refractivity contribution in [2.75, 3.05) is 48.8 Å². The van der Waals surface area contributed by atoms with Crippen molar-refractivity contribution in [1.29, 1.82) is 0 Å². The van der Waals surface area contributed by atoms with Gasteiger partial charge in [-0.2, -0.15) is 18.3 Å². The number of alkyl halides is 3. The topological polar surface area (TPSA) is 123 Å². The standard InChI is InChI=1S/C34H38F3N7O4/c1-33(2,3)28-19-29(44(42-28)22-6-4-5-21(17-22)20-43-13-15-47-16-14-43)40-32(46)39-26-9-7-23(18-25(26)34(35,36)37)48-27-11-12-38-31-24(27)8-10-30(45)41-31/h4,6-7,9,11-12,17-19,21H,5,8,10,13-16,20H2,1-3H3,(H,38,41,45)(H2,39,40,46). The lowest BCUT2D eigenvalue weighted by molar-refractivity contribution is -0.137. The van der Waals surface area contributed by atoms with Gasteiger partial charge in [0.25, 0.3) is 0 Å². The average Bonchev–Trinajstić information content (AvgIpc) is 3.46. The number of halogens is 3. The summed E-state index contributed by atoms with van der Waals surface area (Å²) in [5.74, 6) is 0.859. The Morgan fingerprint density at radius 2 is 1.90 bits per heavy atom. The van der Waals surface area contributed by atoms with Crippen molar-refractivity contribution in [3.63, 3.8) is 0 Å². The molecule has 1 aliphatic carbocycles. The minimum Gasteiger partial charge on any atom is -0.457 e. The molecule has 1 saturated heterocycles. The highest BCUT2D eigenvalue weighted by atomic mass is 19.4. The van der Waals surface area contributed by atoms with Gasteiger partial charge in [-0.05, 0) is 49.1 Å². The minimum absolute atomic E-state index is 0.0888. The molecule has 3 N–H and O–H groups in total. The predicted molar refractivity (Wildman–Crippen MR) is 175 cm³/mol. The monoisotopic (exact) mass is 665 g/mol. The molecule has 14 heteroatoms. The van der Waals surface area contributed by atoms with Crippen LogP contribution in [0.15, 0.2) is 54.8 Å². The van der Waals surface area contributed by atoms with Gasteiger partial charge in [-0.15, -0.1) is 0 Å². The Kier molecular flexibility index (Phi) is 9.30. The molecular weight excluding hydrogens is 627 g/mol. The molecular formula is C34H38F3N7O4. The highest BCUT2D eigenvalue weighted by molar-refractivity contribution is 6.00. The van der Waals surface area contributed by atoms with E-state index in [2.05, 4.69) is 38.0 Å². The summed E-state index contributed by atoms with van der Waals surface area (Å²) in [5, 5.41) is 12.5. The van der Waals surface area contributed by atoms with Gasteiger partial charge >= 0.3 is 12.2 Å². The smallest absolute Gasteiger partial charge is 0.418 e. The number of benzene rings is 1. The summed E-state index contributed by atoms with van der Waals surface area (Å²) in [6.45, 7) is 9.97. The third kappa shape index (κ3) is 7.71. The lowest BCUT2D eigenvalue weighted by Crippen LogP contribution is -2.39. The highest BCUT2D eigenvalue weighted by Crippen LogP contribution is 2.40. The van der Waals surface area contributed by atoms with E-state index in [1.807, 2.05) is 26.8 Å². The Morgan fingerprint density at radius 1 is 1.10 bits per heavy atom. The number of fused-ring (bicyclic) bond motifs is 1. The highest BCUT2D eigenvalue weighted by Gasteiger charge is 2.35. The number of allylic oxidation sites excluding steroid dienone is 3. The van der Waals surface area contributed by atoms with Gasteiger partial charge in [0.1, 0.15) is 23.1 Å². The molecule has 3 amide bonds. The van der Waals surface area contributed by atoms with E-state index in [0.29, 0.717) is 42.5 Å². The van der Waals surface area contributed by atoms with Crippen molar-refractivity contribution in [3.05, 3.63) is 71.6 Å². The number of ether oxygens (including phenoxy) is 2. The van der Waals surface area contributed by atoms with Crippen molar-refractivity contribution in [2.45, 2.75) is 51.6 Å². The zero-order valence-electron chi connectivity index (χ0n) is 27.0. The van der Waals surface area contributed by atoms with E-state index < -0.39 is 23.5 Å². The number of amides is 3. The summed E-state index contributed by atoms with van der Waals surface area (Å²) in [4.78, 5) is 31.5. The number of nitrogens with zero attached hydrogens (tertiary/aromatic N) is 4. The number of pyridine rings is 1. The Morgan fingerprint density at radius 3 is 2.65 bits per heavy atom. The first-order valence-electron chi connectivity index (χ1n) is 15.9. The van der Waals surface area contributed by atoms with Crippen LogP contribution in [0.1, 0.15) is 50.4 Å². The average molecular weight is 666 g/mol. The second-order valence-corrected chi connectivity index (χ2v) is 13.1. The summed E-state index contributed by atoms with van der Waals surface area (Å²) in [5.41, 5.74) is 0.177. The van der Waals surface area contributed by atoms with Crippen LogP contribution in [0.5, 0.6) is 11.5 Å². The van der Waals surface area contributed by atoms with Crippen molar-refractivity contribution < 1.29 is 32.2 Å². The fourth-order valence-corrected chi connectivity index (χ4v) is 5.83. The Labute approximate surface area is 276 Å². The van der Waals surface area contributed by atoms with Gasteiger partial charge in [-0.25, -0.2) is 14.5 Å². The molecule has 1 aromatic carbocycles. The maximum absolute atomic E-state index is 14.3. The lowest BCUT2D eigenvalue weighted by atomic mass is 9.92. The molecule has 6 rings (SSSR count). The third-order valence-corrected chi connectivity index (χ3v) is 8.34. The second-order valence-electron chi connectivity index (χ2n) is 13.1. The predicted octanol–water partition coefficient (Wildman–Crippen LogP) is 6.66. The van der Waals surface area contributed by atoms with Gasteiger partial charge in [0, 0.05) is 49.3 Å². The third-order valence-electron chi connectivity index (χ3n) is 8.34. The van der Waals surface area contributed by atoms with Gasteiger partial charge in [0.05, 0.1) is 35.9 Å². The lowest BCUT2D eigenvalue weighted by Gasteiger charge is -2.30. The number of carbonyl (C=O) groups excluding carboxylic acids is 2. The number of carbonyl (C=O) groups is 2. The van der Waals surface area contributed by atoms with Crippen LogP contribution in [0, 0.1) is 5.92 Å². The van der Waals surface area contributed by atoms with E-state index in [-0.39, 0.29) is 35.2 Å². The molecule has 0 saturated carbocycles. The van der Waals surface area contributed by atoms with Crippen LogP contribution in [-0.4, -0.2) is 64.5 Å². The normalized spacial score (nSPS) is 18.5. The van der Waals surface area contributed by atoms with Crippen molar-refractivity contribution in [3.8, 4) is 11.5 Å². The molecule has 4 heterocycles. The number of anilines is 3. The number of aromatic nitrogens is 3. The molecule has 48 heavy (non-hydrogen) atoms. The van der Waals surface area contributed by atoms with Crippen LogP contribution >= 0.6 is 0 Å². The number of urea groups is 1. The maximum Gasteiger partial charge on any atom is 0.418 e. The van der Waals surface area contributed by atoms with Crippen LogP contribution < -0.4 is 20.7 Å². The molecule has 1 fully saturated rings. The molecule has 0 bridgehead atoms. The first-order valence-corrected chi connectivity index (χ1v) is 15.9. The first-order chi connectivity index (χ1) is 22.8. The zero-order chi connectivity index (χ0) is 34.1. The summed E-state index contributed by atoms with van der Waals surface area (Å²) >= 11 is 0. The molecule has 254 valence electrons. The fourth-order valence-electron chi connectivity index (χ4n) is 5.83. The molecule has 1 unspecified atom stereocenters. The molecule has 0 spiro atoms. The van der Waals surface area contributed by atoms with Crippen LogP contribution in [0.3, 0.4) is 0 Å². The Hall–Kier alpha value is -4.69. The van der Waals surface area contributed by atoms with E-state index >= 15 is 0 Å². The number of hydrogen-bond acceptors (Lipinski definition) is 7. The second kappa shape index (κ2) is 13.4. The summed E-state index contributed by atoms with van der Waals surface area (Å²) < 4.78 is 55.8. The fraction of sp³-hybridized carbons (Fsp3) is 0.412. The molecule has 1 atom stereocenters. The van der Waals surface area contributed by atoms with E-state index in [0.717, 1.165) is 43.9 Å². The van der Waals surface area contributed by atoms with Gasteiger partial charge in [0.15, 0.2) is 0 Å². The van der Waals surface area contributed by atoms with E-state index in [1.165, 1.54) is 18.3 Å². The van der Waals surface area contributed by atoms with Crippen molar-refractivity contribution >= 4 is 35.0 Å². The van der Waals surface area contributed by atoms with Gasteiger partial charge in [-0.1, -0.05) is 32.9 Å². The van der Waals surface area contributed by atoms with Gasteiger partial charge in [-0.3, -0.25) is 15.0 Å². The van der Waals surface area contributed by atoms with Crippen LogP contribution in [0.4, 0.5) is 35.3 Å². The quantitative estimate of drug-likeness (QED) is 0.258. The molecule has 3 aromatic rings. The maximum atomic E-state index is 14.3. The number of morpholine rings is 1. The van der Waals surface area contributed by atoms with Crippen LogP contribution in [-0.2, 0) is 27.5 Å². The Bertz CT molecular complexity index is 1750. The number of nitrogens with one attached hydrogen (secondary N) is 3. The van der Waals surface area contributed by atoms with Crippen molar-refractivity contribution in [1.82, 2.24) is 19.7 Å². The summed E-state index contributed by atoms with van der Waals surface area (Å²) in [6, 6.07) is 5.72. The van der Waals surface area contributed by atoms with Crippen molar-refractivity contribution in [2.24, 2.45) is 5.92 Å². The van der Waals surface area contributed by atoms with Crippen LogP contribution in [0.25, 0.3) is 5.70 Å². The largest absolute Gasteiger partial charge is 0.457 e. The first kappa shape index (κ1) is 33.2. The zero-order valence-corrected chi connectivity index (χ0v) is 27.0. The molecule has 3 aliphatic rings. The summed E-state index contributed by atoms with van der Waals surface area (Å²) in [6.07, 6.45) is 4.13. The minimum atomic E-state index is -4.80. The SMILES string of the molecule is CC(C)(C)c1cc(NC(=O)Nc2ccc(Oc3ccnc4c3CCC(=O)N4)cc2C(F)(F)F)n(C2=CC(CN3CCOCC3)CC=C2)n1. The number of rotatable bonds is 7. The van der Waals surface area contributed by atoms with E-state index in [9.17, 15) is 22.8 Å². The van der Waals surface area contributed by atoms with Crippen LogP contribution in [0.2, 0.25) is 0 Å². The number of hydrogen-bond donors (Lipinski definition) is 3. The molecule has 2 aliphatic heterocycles. The van der Waals surface area contributed by atoms with Gasteiger partial charge < -0.3 is 20.1 Å². The van der Waals surface area contributed by atoms with E-state index in [1.54, 1.807) is 10.7 Å². The molecule has 11 nitrogen and oxygen atoms in total. The summed E-state index contributed by atoms with van der Waals surface area (Å²) in [7, 11) is 0. The molecule has 0 radical (unpaired) electrons. The Balaban J connectivity index is 1.22. The van der Waals surface area contributed by atoms with Gasteiger partial charge in [0.2, 0.25) is 5.91 Å². The van der Waals surface area contributed by atoms with E-state index in [4.69, 9.17) is 14.6 Å².